The second kappa shape index (κ2) is 4.35. The topological polar surface area (TPSA) is 33.0 Å². The molecular weight excluding hydrogens is 138 g/mol. The van der Waals surface area contributed by atoms with Crippen LogP contribution in [0.2, 0.25) is 0 Å². The Balaban J connectivity index is 2.23. The van der Waals surface area contributed by atoms with Gasteiger partial charge in [0.2, 0.25) is 0 Å². The lowest BCUT2D eigenvalue weighted by Gasteiger charge is -2.11. The summed E-state index contributed by atoms with van der Waals surface area (Å²) in [5.41, 5.74) is 0. The Hall–Kier alpha value is -0.550. The Morgan fingerprint density at radius 3 is 2.64 bits per heavy atom. The number of hydrogen-bond donors (Lipinski definition) is 0. The number of hydrogen-bond acceptors (Lipinski definition) is 2. The molecule has 2 heteroatoms. The van der Waals surface area contributed by atoms with Crippen LogP contribution < -0.4 is 0 Å². The van der Waals surface area contributed by atoms with Crippen LogP contribution in [0, 0.1) is 17.2 Å². The number of rotatable bonds is 3. The smallest absolute Gasteiger partial charge is 0.143 e. The minimum atomic E-state index is -0.168. The van der Waals surface area contributed by atoms with Crippen LogP contribution in [0.4, 0.5) is 0 Å². The summed E-state index contributed by atoms with van der Waals surface area (Å²) in [5, 5.41) is 8.61. The summed E-state index contributed by atoms with van der Waals surface area (Å²) in [6.07, 6.45) is 6.04. The molecule has 1 fully saturated rings. The molecule has 0 heterocycles. The van der Waals surface area contributed by atoms with E-state index in [0.29, 0.717) is 0 Å². The van der Waals surface area contributed by atoms with Gasteiger partial charge in [-0.15, -0.1) is 0 Å². The predicted molar refractivity (Wildman–Crippen MR) is 43.0 cm³/mol. The van der Waals surface area contributed by atoms with Crippen molar-refractivity contribution < 1.29 is 4.74 Å². The van der Waals surface area contributed by atoms with Gasteiger partial charge >= 0.3 is 0 Å². The van der Waals surface area contributed by atoms with Gasteiger partial charge in [0.1, 0.15) is 6.10 Å². The molecule has 1 atom stereocenters. The monoisotopic (exact) mass is 153 g/mol. The molecule has 0 aromatic rings. The molecule has 0 radical (unpaired) electrons. The van der Waals surface area contributed by atoms with Crippen molar-refractivity contribution in [2.45, 2.75) is 38.2 Å². The molecule has 1 saturated carbocycles. The Morgan fingerprint density at radius 1 is 1.55 bits per heavy atom. The molecule has 0 aromatic heterocycles. The maximum absolute atomic E-state index is 8.61. The maximum atomic E-state index is 8.61. The highest BCUT2D eigenvalue weighted by atomic mass is 16.5. The molecule has 1 rings (SSSR count). The second-order valence-corrected chi connectivity index (χ2v) is 3.24. The van der Waals surface area contributed by atoms with Crippen LogP contribution in [0.3, 0.4) is 0 Å². The lowest BCUT2D eigenvalue weighted by molar-refractivity contribution is 0.123. The number of nitrogens with zero attached hydrogens (tertiary/aromatic N) is 1. The van der Waals surface area contributed by atoms with Crippen molar-refractivity contribution >= 4 is 0 Å². The fourth-order valence-electron chi connectivity index (χ4n) is 1.75. The van der Waals surface area contributed by atoms with E-state index < -0.39 is 0 Å². The van der Waals surface area contributed by atoms with E-state index in [4.69, 9.17) is 10.00 Å². The lowest BCUT2D eigenvalue weighted by Crippen LogP contribution is -2.11. The van der Waals surface area contributed by atoms with Crippen molar-refractivity contribution in [1.82, 2.24) is 0 Å². The van der Waals surface area contributed by atoms with E-state index in [1.165, 1.54) is 25.7 Å². The van der Waals surface area contributed by atoms with Crippen molar-refractivity contribution in [2.75, 3.05) is 7.11 Å². The molecule has 0 spiro atoms. The zero-order valence-electron chi connectivity index (χ0n) is 7.05. The normalized spacial score (nSPS) is 21.5. The standard InChI is InChI=1S/C9H15NO/c1-11-9(7-10)6-8-4-2-3-5-8/h8-9H,2-6H2,1H3. The Bertz CT molecular complexity index is 144. The average Bonchev–Trinajstić information content (AvgIpc) is 2.52. The molecule has 0 N–H and O–H groups in total. The molecule has 0 amide bonds. The van der Waals surface area contributed by atoms with E-state index in [9.17, 15) is 0 Å². The first-order chi connectivity index (χ1) is 5.36. The fraction of sp³-hybridized carbons (Fsp3) is 0.889. The third-order valence-corrected chi connectivity index (χ3v) is 2.45. The summed E-state index contributed by atoms with van der Waals surface area (Å²) in [4.78, 5) is 0. The maximum Gasteiger partial charge on any atom is 0.143 e. The molecule has 1 aliphatic rings. The van der Waals surface area contributed by atoms with Crippen molar-refractivity contribution in [1.29, 1.82) is 5.26 Å². The van der Waals surface area contributed by atoms with Crippen LogP contribution in [0.25, 0.3) is 0 Å². The van der Waals surface area contributed by atoms with E-state index in [1.54, 1.807) is 7.11 Å². The van der Waals surface area contributed by atoms with Crippen molar-refractivity contribution in [3.05, 3.63) is 0 Å². The van der Waals surface area contributed by atoms with E-state index in [1.807, 2.05) is 0 Å². The van der Waals surface area contributed by atoms with Gasteiger partial charge in [0.15, 0.2) is 0 Å². The van der Waals surface area contributed by atoms with E-state index in [0.717, 1.165) is 12.3 Å². The molecule has 11 heavy (non-hydrogen) atoms. The summed E-state index contributed by atoms with van der Waals surface area (Å²) in [6.45, 7) is 0. The number of nitriles is 1. The Kier molecular flexibility index (Phi) is 3.38. The summed E-state index contributed by atoms with van der Waals surface area (Å²) in [7, 11) is 1.61. The number of ether oxygens (including phenoxy) is 1. The highest BCUT2D eigenvalue weighted by molar-refractivity contribution is 4.86. The van der Waals surface area contributed by atoms with Gasteiger partial charge in [0.05, 0.1) is 6.07 Å². The van der Waals surface area contributed by atoms with E-state index in [-0.39, 0.29) is 6.10 Å². The summed E-state index contributed by atoms with van der Waals surface area (Å²) >= 11 is 0. The van der Waals surface area contributed by atoms with Gasteiger partial charge in [0, 0.05) is 7.11 Å². The van der Waals surface area contributed by atoms with Gasteiger partial charge < -0.3 is 4.74 Å². The zero-order valence-corrected chi connectivity index (χ0v) is 7.05. The molecular formula is C9H15NO. The third-order valence-electron chi connectivity index (χ3n) is 2.45. The molecule has 0 saturated heterocycles. The van der Waals surface area contributed by atoms with Crippen LogP contribution in [-0.4, -0.2) is 13.2 Å². The van der Waals surface area contributed by atoms with Crippen molar-refractivity contribution in [3.8, 4) is 6.07 Å². The summed E-state index contributed by atoms with van der Waals surface area (Å²) < 4.78 is 5.00. The Morgan fingerprint density at radius 2 is 2.18 bits per heavy atom. The van der Waals surface area contributed by atoms with Gasteiger partial charge in [0.25, 0.3) is 0 Å². The van der Waals surface area contributed by atoms with Crippen LogP contribution in [0.5, 0.6) is 0 Å². The minimum Gasteiger partial charge on any atom is -0.367 e. The van der Waals surface area contributed by atoms with Crippen molar-refractivity contribution in [3.63, 3.8) is 0 Å². The molecule has 62 valence electrons. The second-order valence-electron chi connectivity index (χ2n) is 3.24. The van der Waals surface area contributed by atoms with Gasteiger partial charge in [-0.05, 0) is 12.3 Å². The molecule has 2 nitrogen and oxygen atoms in total. The van der Waals surface area contributed by atoms with Gasteiger partial charge in [-0.25, -0.2) is 0 Å². The zero-order chi connectivity index (χ0) is 8.10. The molecule has 0 bridgehead atoms. The quantitative estimate of drug-likeness (QED) is 0.622. The SMILES string of the molecule is COC(C#N)CC1CCCC1. The van der Waals surface area contributed by atoms with Gasteiger partial charge in [-0.2, -0.15) is 5.26 Å². The highest BCUT2D eigenvalue weighted by Gasteiger charge is 2.19. The highest BCUT2D eigenvalue weighted by Crippen LogP contribution is 2.28. The van der Waals surface area contributed by atoms with Gasteiger partial charge in [-0.1, -0.05) is 25.7 Å². The van der Waals surface area contributed by atoms with E-state index >= 15 is 0 Å². The molecule has 1 aliphatic carbocycles. The predicted octanol–water partition coefficient (Wildman–Crippen LogP) is 2.11. The first-order valence-corrected chi connectivity index (χ1v) is 4.29. The molecule has 0 aromatic carbocycles. The van der Waals surface area contributed by atoms with Crippen LogP contribution in [0.1, 0.15) is 32.1 Å². The largest absolute Gasteiger partial charge is 0.367 e. The van der Waals surface area contributed by atoms with Crippen LogP contribution in [-0.2, 0) is 4.74 Å². The lowest BCUT2D eigenvalue weighted by atomic mass is 10.0. The molecule has 0 aliphatic heterocycles. The van der Waals surface area contributed by atoms with E-state index in [2.05, 4.69) is 6.07 Å². The first kappa shape index (κ1) is 8.55. The van der Waals surface area contributed by atoms with Gasteiger partial charge in [-0.3, -0.25) is 0 Å². The Labute approximate surface area is 68.2 Å². The number of methoxy groups -OCH3 is 1. The summed E-state index contributed by atoms with van der Waals surface area (Å²) in [6, 6.07) is 2.16. The minimum absolute atomic E-state index is 0.168. The first-order valence-electron chi connectivity index (χ1n) is 4.29. The molecule has 1 unspecified atom stereocenters. The van der Waals surface area contributed by atoms with Crippen LogP contribution in [0.15, 0.2) is 0 Å². The fourth-order valence-corrected chi connectivity index (χ4v) is 1.75. The third kappa shape index (κ3) is 2.51. The van der Waals surface area contributed by atoms with Crippen LogP contribution >= 0.6 is 0 Å². The summed E-state index contributed by atoms with van der Waals surface area (Å²) in [5.74, 6) is 0.750. The van der Waals surface area contributed by atoms with Crippen molar-refractivity contribution in [2.24, 2.45) is 5.92 Å². The average molecular weight is 153 g/mol.